The highest BCUT2D eigenvalue weighted by Gasteiger charge is 2.48. The molecule has 4 aromatic rings. The number of carbonyl (C=O) groups is 1. The minimum atomic E-state index is -4.54. The third-order valence-electron chi connectivity index (χ3n) is 7.05. The third kappa shape index (κ3) is 5.29. The van der Waals surface area contributed by atoms with Crippen molar-refractivity contribution >= 4 is 21.7 Å². The van der Waals surface area contributed by atoms with Crippen molar-refractivity contribution in [1.82, 2.24) is 0 Å². The normalized spacial score (nSPS) is 18.0. The highest BCUT2D eigenvalue weighted by molar-refractivity contribution is 7.86. The molecule has 1 heterocycles. The van der Waals surface area contributed by atoms with Gasteiger partial charge in [0.2, 0.25) is 5.91 Å². The molecule has 39 heavy (non-hydrogen) atoms. The van der Waals surface area contributed by atoms with Gasteiger partial charge in [0.05, 0.1) is 18.1 Å². The molecule has 200 valence electrons. The average molecular weight is 548 g/mol. The summed E-state index contributed by atoms with van der Waals surface area (Å²) in [5, 5.41) is 21.6. The van der Waals surface area contributed by atoms with E-state index in [1.807, 2.05) is 30.3 Å². The highest BCUT2D eigenvalue weighted by atomic mass is 32.2. The zero-order valence-corrected chi connectivity index (χ0v) is 21.5. The van der Waals surface area contributed by atoms with Crippen LogP contribution < -0.4 is 4.90 Å². The number of carbonyl (C=O) groups excluding carboxylic acids is 1. The molecule has 0 saturated carbocycles. The van der Waals surface area contributed by atoms with Crippen LogP contribution in [0.4, 0.5) is 10.1 Å². The number of amides is 1. The highest BCUT2D eigenvalue weighted by Crippen LogP contribution is 2.48. The SMILES string of the molecule is O=C1[C@H](CC[C@H](O)c2ccccc2)[C@@H](c2ccc(-c3ccccc3S(=O)(=O)O)c(O)c2)N1c1cccc(F)c1. The number of hydrogen-bond acceptors (Lipinski definition) is 5. The number of phenolic OH excluding ortho intramolecular Hbond substituents is 1. The maximum atomic E-state index is 14.0. The number of anilines is 1. The van der Waals surface area contributed by atoms with Gasteiger partial charge in [0.25, 0.3) is 10.1 Å². The number of phenols is 1. The minimum Gasteiger partial charge on any atom is -0.507 e. The molecule has 3 atom stereocenters. The van der Waals surface area contributed by atoms with E-state index in [9.17, 15) is 32.4 Å². The molecule has 7 nitrogen and oxygen atoms in total. The quantitative estimate of drug-likeness (QED) is 0.194. The molecule has 1 aliphatic rings. The van der Waals surface area contributed by atoms with Crippen LogP contribution in [-0.4, -0.2) is 29.1 Å². The van der Waals surface area contributed by atoms with Crippen LogP contribution in [0.5, 0.6) is 5.75 Å². The first-order valence-electron chi connectivity index (χ1n) is 12.4. The lowest BCUT2D eigenvalue weighted by molar-refractivity contribution is -0.131. The fraction of sp³-hybridized carbons (Fsp3) is 0.167. The Hall–Kier alpha value is -4.05. The lowest BCUT2D eigenvalue weighted by Gasteiger charge is -2.48. The topological polar surface area (TPSA) is 115 Å². The standard InChI is InChI=1S/C30H26FNO6S/c31-21-9-6-10-22(18-21)32-29(25(30(32)35)15-16-26(33)19-7-2-1-3-8-19)20-13-14-23(27(34)17-20)24-11-4-5-12-28(24)39(36,37)38/h1-14,17-18,25-26,29,33-34H,15-16H2,(H,36,37,38)/t25-,26+,29-/m1/s1. The van der Waals surface area contributed by atoms with Crippen LogP contribution in [0.3, 0.4) is 0 Å². The molecule has 4 aromatic carbocycles. The van der Waals surface area contributed by atoms with Crippen molar-refractivity contribution in [3.63, 3.8) is 0 Å². The van der Waals surface area contributed by atoms with Gasteiger partial charge in [-0.25, -0.2) is 4.39 Å². The van der Waals surface area contributed by atoms with Crippen molar-refractivity contribution in [2.45, 2.75) is 29.9 Å². The van der Waals surface area contributed by atoms with Gasteiger partial charge in [-0.3, -0.25) is 9.35 Å². The van der Waals surface area contributed by atoms with E-state index in [4.69, 9.17) is 0 Å². The number of aliphatic hydroxyl groups excluding tert-OH is 1. The predicted octanol–water partition coefficient (Wildman–Crippen LogP) is 5.66. The number of aliphatic hydroxyl groups is 1. The molecular formula is C30H26FNO6S. The molecule has 0 radical (unpaired) electrons. The number of hydrogen-bond donors (Lipinski definition) is 3. The van der Waals surface area contributed by atoms with Crippen LogP contribution in [-0.2, 0) is 14.9 Å². The van der Waals surface area contributed by atoms with E-state index in [0.717, 1.165) is 5.56 Å². The summed E-state index contributed by atoms with van der Waals surface area (Å²) >= 11 is 0. The second-order valence-electron chi connectivity index (χ2n) is 9.49. The van der Waals surface area contributed by atoms with Gasteiger partial charge < -0.3 is 15.1 Å². The Balaban J connectivity index is 1.49. The maximum Gasteiger partial charge on any atom is 0.295 e. The van der Waals surface area contributed by atoms with Gasteiger partial charge in [0.1, 0.15) is 16.5 Å². The lowest BCUT2D eigenvalue weighted by Crippen LogP contribution is -2.55. The second kappa shape index (κ2) is 10.6. The van der Waals surface area contributed by atoms with E-state index in [-0.39, 0.29) is 27.7 Å². The molecule has 0 spiro atoms. The van der Waals surface area contributed by atoms with Gasteiger partial charge >= 0.3 is 0 Å². The smallest absolute Gasteiger partial charge is 0.295 e. The molecule has 0 aliphatic carbocycles. The van der Waals surface area contributed by atoms with Gasteiger partial charge in [-0.2, -0.15) is 8.42 Å². The van der Waals surface area contributed by atoms with E-state index >= 15 is 0 Å². The van der Waals surface area contributed by atoms with Crippen LogP contribution in [0.2, 0.25) is 0 Å². The largest absolute Gasteiger partial charge is 0.507 e. The monoisotopic (exact) mass is 547 g/mol. The molecular weight excluding hydrogens is 521 g/mol. The summed E-state index contributed by atoms with van der Waals surface area (Å²) in [6.07, 6.45) is -0.102. The summed E-state index contributed by atoms with van der Waals surface area (Å²) in [5.74, 6) is -1.51. The average Bonchev–Trinajstić information content (AvgIpc) is 2.91. The van der Waals surface area contributed by atoms with E-state index in [1.165, 1.54) is 53.4 Å². The molecule has 3 N–H and O–H groups in total. The van der Waals surface area contributed by atoms with Crippen molar-refractivity contribution in [2.75, 3.05) is 4.90 Å². The first-order valence-corrected chi connectivity index (χ1v) is 13.8. The van der Waals surface area contributed by atoms with E-state index in [0.29, 0.717) is 24.1 Å². The first kappa shape index (κ1) is 26.6. The van der Waals surface area contributed by atoms with Gasteiger partial charge in [0, 0.05) is 16.8 Å². The molecule has 1 saturated heterocycles. The number of aromatic hydroxyl groups is 1. The molecule has 9 heteroatoms. The van der Waals surface area contributed by atoms with E-state index in [2.05, 4.69) is 0 Å². The Morgan fingerprint density at radius 3 is 2.28 bits per heavy atom. The molecule has 0 aromatic heterocycles. The van der Waals surface area contributed by atoms with Crippen molar-refractivity contribution in [3.05, 3.63) is 114 Å². The van der Waals surface area contributed by atoms with Crippen molar-refractivity contribution < 1.29 is 32.4 Å². The van der Waals surface area contributed by atoms with Crippen molar-refractivity contribution in [1.29, 1.82) is 0 Å². The summed E-state index contributed by atoms with van der Waals surface area (Å²) in [4.78, 5) is 14.4. The van der Waals surface area contributed by atoms with Crippen LogP contribution >= 0.6 is 0 Å². The zero-order chi connectivity index (χ0) is 27.7. The van der Waals surface area contributed by atoms with Crippen LogP contribution in [0.1, 0.15) is 36.1 Å². The minimum absolute atomic E-state index is 0.123. The number of halogens is 1. The molecule has 0 unspecified atom stereocenters. The number of β-lactam (4-membered cyclic amide) rings is 1. The van der Waals surface area contributed by atoms with Crippen molar-refractivity contribution in [3.8, 4) is 16.9 Å². The number of benzene rings is 4. The Labute approximate surface area is 225 Å². The number of nitrogens with zero attached hydrogens (tertiary/aromatic N) is 1. The summed E-state index contributed by atoms with van der Waals surface area (Å²) in [5.41, 5.74) is 1.97. The van der Waals surface area contributed by atoms with Gasteiger partial charge in [-0.15, -0.1) is 0 Å². The number of rotatable bonds is 8. The summed E-state index contributed by atoms with van der Waals surface area (Å²) < 4.78 is 47.4. The van der Waals surface area contributed by atoms with Gasteiger partial charge in [-0.05, 0) is 54.3 Å². The first-order chi connectivity index (χ1) is 18.6. The van der Waals surface area contributed by atoms with Crippen LogP contribution in [0.15, 0.2) is 102 Å². The van der Waals surface area contributed by atoms with Gasteiger partial charge in [-0.1, -0.05) is 66.7 Å². The Morgan fingerprint density at radius 1 is 0.872 bits per heavy atom. The van der Waals surface area contributed by atoms with Crippen LogP contribution in [0, 0.1) is 11.7 Å². The molecule has 1 aliphatic heterocycles. The third-order valence-corrected chi connectivity index (χ3v) is 7.97. The van der Waals surface area contributed by atoms with Gasteiger partial charge in [0.15, 0.2) is 0 Å². The summed E-state index contributed by atoms with van der Waals surface area (Å²) in [6, 6.07) is 24.6. The van der Waals surface area contributed by atoms with E-state index < -0.39 is 34.0 Å². The van der Waals surface area contributed by atoms with Crippen molar-refractivity contribution in [2.24, 2.45) is 5.92 Å². The van der Waals surface area contributed by atoms with Crippen LogP contribution in [0.25, 0.3) is 11.1 Å². The fourth-order valence-corrected chi connectivity index (χ4v) is 5.89. The van der Waals surface area contributed by atoms with E-state index in [1.54, 1.807) is 18.2 Å². The summed E-state index contributed by atoms with van der Waals surface area (Å²) in [6.45, 7) is 0. The Morgan fingerprint density at radius 2 is 1.59 bits per heavy atom. The maximum absolute atomic E-state index is 14.0. The Bertz CT molecular complexity index is 1630. The second-order valence-corrected chi connectivity index (χ2v) is 10.9. The summed E-state index contributed by atoms with van der Waals surface area (Å²) in [7, 11) is -4.54. The molecule has 5 rings (SSSR count). The Kier molecular flexibility index (Phi) is 7.22. The molecule has 1 amide bonds. The molecule has 0 bridgehead atoms. The predicted molar refractivity (Wildman–Crippen MR) is 144 cm³/mol. The lowest BCUT2D eigenvalue weighted by atomic mass is 9.78. The molecule has 1 fully saturated rings. The fourth-order valence-electron chi connectivity index (χ4n) is 5.18. The zero-order valence-electron chi connectivity index (χ0n) is 20.7.